The Morgan fingerprint density at radius 3 is 2.62 bits per heavy atom. The normalized spacial score (nSPS) is 12.5. The Bertz CT molecular complexity index is 351. The van der Waals surface area contributed by atoms with Gasteiger partial charge in [-0.25, -0.2) is 4.39 Å². The second-order valence-corrected chi connectivity index (χ2v) is 4.30. The van der Waals surface area contributed by atoms with Gasteiger partial charge in [-0.2, -0.15) is 0 Å². The van der Waals surface area contributed by atoms with Crippen LogP contribution in [0, 0.1) is 12.7 Å². The Morgan fingerprint density at radius 1 is 1.44 bits per heavy atom. The first-order chi connectivity index (χ1) is 7.54. The van der Waals surface area contributed by atoms with Crippen molar-refractivity contribution in [3.63, 3.8) is 0 Å². The summed E-state index contributed by atoms with van der Waals surface area (Å²) in [4.78, 5) is 0. The fourth-order valence-corrected chi connectivity index (χ4v) is 1.80. The Balaban J connectivity index is 2.96. The maximum atomic E-state index is 13.3. The largest absolute Gasteiger partial charge is 0.307 e. The van der Waals surface area contributed by atoms with E-state index >= 15 is 0 Å². The highest BCUT2D eigenvalue weighted by molar-refractivity contribution is 5.30. The summed E-state index contributed by atoms with van der Waals surface area (Å²) in [7, 11) is 0. The molecule has 0 spiro atoms. The summed E-state index contributed by atoms with van der Waals surface area (Å²) >= 11 is 0. The standard InChI is InChI=1S/C14H20FN/c1-5-6-16-14(10(2)3)12-7-11(4)8-13(15)9-12/h7-9,14,16H,2,5-6H2,1,3-4H3. The molecule has 1 nitrogen and oxygen atoms in total. The fraction of sp³-hybridized carbons (Fsp3) is 0.429. The predicted molar refractivity (Wildman–Crippen MR) is 67.0 cm³/mol. The third-order valence-corrected chi connectivity index (χ3v) is 2.49. The summed E-state index contributed by atoms with van der Waals surface area (Å²) < 4.78 is 13.3. The SMILES string of the molecule is C=C(C)C(NCCC)c1cc(C)cc(F)c1. The average molecular weight is 221 g/mol. The lowest BCUT2D eigenvalue weighted by atomic mass is 9.99. The van der Waals surface area contributed by atoms with E-state index in [-0.39, 0.29) is 11.9 Å². The van der Waals surface area contributed by atoms with Crippen molar-refractivity contribution in [2.75, 3.05) is 6.54 Å². The Labute approximate surface area is 97.4 Å². The highest BCUT2D eigenvalue weighted by Gasteiger charge is 2.12. The molecule has 0 saturated carbocycles. The van der Waals surface area contributed by atoms with Crippen LogP contribution in [-0.4, -0.2) is 6.54 Å². The zero-order valence-corrected chi connectivity index (χ0v) is 10.3. The second kappa shape index (κ2) is 5.80. The average Bonchev–Trinajstić information content (AvgIpc) is 2.16. The van der Waals surface area contributed by atoms with E-state index in [4.69, 9.17) is 0 Å². The molecule has 0 aliphatic heterocycles. The van der Waals surface area contributed by atoms with E-state index in [1.165, 1.54) is 0 Å². The van der Waals surface area contributed by atoms with Gasteiger partial charge in [0, 0.05) is 0 Å². The first-order valence-electron chi connectivity index (χ1n) is 5.70. The van der Waals surface area contributed by atoms with Gasteiger partial charge in [0.2, 0.25) is 0 Å². The van der Waals surface area contributed by atoms with Crippen molar-refractivity contribution in [1.82, 2.24) is 5.32 Å². The van der Waals surface area contributed by atoms with Crippen LogP contribution in [0.5, 0.6) is 0 Å². The van der Waals surface area contributed by atoms with Gasteiger partial charge in [0.15, 0.2) is 0 Å². The van der Waals surface area contributed by atoms with Crippen LogP contribution in [0.1, 0.15) is 37.4 Å². The molecule has 1 unspecified atom stereocenters. The molecule has 0 aromatic heterocycles. The van der Waals surface area contributed by atoms with Gasteiger partial charge in [0.1, 0.15) is 5.82 Å². The van der Waals surface area contributed by atoms with Crippen molar-refractivity contribution in [3.8, 4) is 0 Å². The summed E-state index contributed by atoms with van der Waals surface area (Å²) in [5, 5.41) is 3.37. The highest BCUT2D eigenvalue weighted by atomic mass is 19.1. The Kier molecular flexibility index (Phi) is 4.69. The van der Waals surface area contributed by atoms with Gasteiger partial charge in [-0.05, 0) is 50.1 Å². The molecule has 1 atom stereocenters. The van der Waals surface area contributed by atoms with Crippen LogP contribution in [0.2, 0.25) is 0 Å². The number of nitrogens with one attached hydrogen (secondary N) is 1. The van der Waals surface area contributed by atoms with Crippen LogP contribution in [0.4, 0.5) is 4.39 Å². The zero-order valence-electron chi connectivity index (χ0n) is 10.3. The molecule has 0 radical (unpaired) electrons. The molecule has 2 heteroatoms. The Morgan fingerprint density at radius 2 is 2.12 bits per heavy atom. The van der Waals surface area contributed by atoms with E-state index in [1.54, 1.807) is 12.1 Å². The molecule has 1 aromatic rings. The molecular formula is C14H20FN. The van der Waals surface area contributed by atoms with Gasteiger partial charge < -0.3 is 5.32 Å². The zero-order chi connectivity index (χ0) is 12.1. The predicted octanol–water partition coefficient (Wildman–Crippen LogP) is 3.75. The molecular weight excluding hydrogens is 201 g/mol. The second-order valence-electron chi connectivity index (χ2n) is 4.30. The molecule has 1 rings (SSSR count). The van der Waals surface area contributed by atoms with E-state index in [0.29, 0.717) is 0 Å². The molecule has 16 heavy (non-hydrogen) atoms. The molecule has 1 aromatic carbocycles. The number of halogens is 1. The van der Waals surface area contributed by atoms with Crippen LogP contribution in [0.15, 0.2) is 30.4 Å². The van der Waals surface area contributed by atoms with Crippen LogP contribution in [0.3, 0.4) is 0 Å². The van der Waals surface area contributed by atoms with E-state index in [2.05, 4.69) is 18.8 Å². The van der Waals surface area contributed by atoms with E-state index in [1.807, 2.05) is 19.9 Å². The summed E-state index contributed by atoms with van der Waals surface area (Å²) in [5.41, 5.74) is 2.91. The van der Waals surface area contributed by atoms with Gasteiger partial charge in [0.25, 0.3) is 0 Å². The van der Waals surface area contributed by atoms with E-state index < -0.39 is 0 Å². The van der Waals surface area contributed by atoms with Crippen molar-refractivity contribution in [3.05, 3.63) is 47.3 Å². The first kappa shape index (κ1) is 12.9. The summed E-state index contributed by atoms with van der Waals surface area (Å²) in [6.45, 7) is 10.8. The molecule has 1 N–H and O–H groups in total. The third kappa shape index (κ3) is 3.46. The maximum Gasteiger partial charge on any atom is 0.123 e. The van der Waals surface area contributed by atoms with Gasteiger partial charge in [-0.15, -0.1) is 0 Å². The van der Waals surface area contributed by atoms with E-state index in [9.17, 15) is 4.39 Å². The summed E-state index contributed by atoms with van der Waals surface area (Å²) in [6.07, 6.45) is 1.05. The smallest absolute Gasteiger partial charge is 0.123 e. The third-order valence-electron chi connectivity index (χ3n) is 2.49. The molecule has 0 aliphatic carbocycles. The van der Waals surface area contributed by atoms with Gasteiger partial charge in [-0.1, -0.05) is 25.1 Å². The number of aryl methyl sites for hydroxylation is 1. The lowest BCUT2D eigenvalue weighted by molar-refractivity contribution is 0.579. The molecule has 0 aliphatic rings. The van der Waals surface area contributed by atoms with Crippen molar-refractivity contribution in [2.45, 2.75) is 33.2 Å². The van der Waals surface area contributed by atoms with Crippen LogP contribution in [-0.2, 0) is 0 Å². The summed E-state index contributed by atoms with van der Waals surface area (Å²) in [6, 6.07) is 5.17. The van der Waals surface area contributed by atoms with Gasteiger partial charge >= 0.3 is 0 Å². The van der Waals surface area contributed by atoms with Gasteiger partial charge in [0.05, 0.1) is 6.04 Å². The highest BCUT2D eigenvalue weighted by Crippen LogP contribution is 2.22. The maximum absolute atomic E-state index is 13.3. The van der Waals surface area contributed by atoms with Crippen molar-refractivity contribution < 1.29 is 4.39 Å². The van der Waals surface area contributed by atoms with Crippen LogP contribution in [0.25, 0.3) is 0 Å². The monoisotopic (exact) mass is 221 g/mol. The minimum atomic E-state index is -0.181. The number of hydrogen-bond acceptors (Lipinski definition) is 1. The number of benzene rings is 1. The topological polar surface area (TPSA) is 12.0 Å². The minimum absolute atomic E-state index is 0.0503. The van der Waals surface area contributed by atoms with Crippen molar-refractivity contribution in [2.24, 2.45) is 0 Å². The van der Waals surface area contributed by atoms with Crippen molar-refractivity contribution >= 4 is 0 Å². The molecule has 88 valence electrons. The summed E-state index contributed by atoms with van der Waals surface area (Å²) in [5.74, 6) is -0.181. The molecule has 0 bridgehead atoms. The molecule has 0 fully saturated rings. The first-order valence-corrected chi connectivity index (χ1v) is 5.70. The molecule has 0 saturated heterocycles. The van der Waals surface area contributed by atoms with Crippen molar-refractivity contribution in [1.29, 1.82) is 0 Å². The fourth-order valence-electron chi connectivity index (χ4n) is 1.80. The minimum Gasteiger partial charge on any atom is -0.307 e. The molecule has 0 heterocycles. The van der Waals surface area contributed by atoms with Gasteiger partial charge in [-0.3, -0.25) is 0 Å². The lowest BCUT2D eigenvalue weighted by Gasteiger charge is -2.19. The number of hydrogen-bond donors (Lipinski definition) is 1. The number of rotatable bonds is 5. The van der Waals surface area contributed by atoms with Crippen LogP contribution < -0.4 is 5.32 Å². The molecule has 0 amide bonds. The Hall–Kier alpha value is -1.15. The van der Waals surface area contributed by atoms with Crippen LogP contribution >= 0.6 is 0 Å². The quantitative estimate of drug-likeness (QED) is 0.747. The lowest BCUT2D eigenvalue weighted by Crippen LogP contribution is -2.23. The van der Waals surface area contributed by atoms with E-state index in [0.717, 1.165) is 29.7 Å².